The van der Waals surface area contributed by atoms with E-state index in [1.807, 2.05) is 4.90 Å². The molecule has 1 aliphatic heterocycles. The maximum Gasteiger partial charge on any atom is 0.219 e. The molecule has 2 rings (SSSR count). The van der Waals surface area contributed by atoms with Gasteiger partial charge < -0.3 is 15.3 Å². The van der Waals surface area contributed by atoms with Crippen LogP contribution >= 0.6 is 0 Å². The number of nitrogens with zero attached hydrogens (tertiary/aromatic N) is 1. The third kappa shape index (κ3) is 4.69. The van der Waals surface area contributed by atoms with Crippen LogP contribution in [0.5, 0.6) is 0 Å². The van der Waals surface area contributed by atoms with Crippen LogP contribution < -0.4 is 5.32 Å². The number of carbonyl (C=O) groups excluding carboxylic acids is 1. The largest absolute Gasteiger partial charge is 0.389 e. The molecule has 2 aliphatic rings. The third-order valence-corrected chi connectivity index (χ3v) is 5.80. The van der Waals surface area contributed by atoms with E-state index in [1.165, 1.54) is 0 Å². The van der Waals surface area contributed by atoms with Crippen molar-refractivity contribution in [3.8, 4) is 0 Å². The van der Waals surface area contributed by atoms with Crippen molar-refractivity contribution in [3.63, 3.8) is 0 Å². The zero-order valence-corrected chi connectivity index (χ0v) is 14.8. The first kappa shape index (κ1) is 17.7. The second kappa shape index (κ2) is 6.88. The summed E-state index contributed by atoms with van der Waals surface area (Å²) in [5.74, 6) is 0.907. The van der Waals surface area contributed by atoms with Gasteiger partial charge in [-0.15, -0.1) is 0 Å². The van der Waals surface area contributed by atoms with Gasteiger partial charge in [0.15, 0.2) is 0 Å². The molecular formula is C18H34N2O2. The summed E-state index contributed by atoms with van der Waals surface area (Å²) in [6, 6.07) is 0.444. The maximum atomic E-state index is 11.3. The van der Waals surface area contributed by atoms with Gasteiger partial charge in [-0.2, -0.15) is 0 Å². The number of aliphatic hydroxyl groups is 1. The zero-order chi connectivity index (χ0) is 16.4. The molecule has 1 amide bonds. The van der Waals surface area contributed by atoms with E-state index in [-0.39, 0.29) is 5.91 Å². The van der Waals surface area contributed by atoms with E-state index in [1.54, 1.807) is 6.92 Å². The van der Waals surface area contributed by atoms with Crippen molar-refractivity contribution >= 4 is 5.91 Å². The minimum Gasteiger partial charge on any atom is -0.389 e. The Morgan fingerprint density at radius 3 is 2.18 bits per heavy atom. The van der Waals surface area contributed by atoms with E-state index < -0.39 is 5.60 Å². The normalized spacial score (nSPS) is 31.3. The lowest BCUT2D eigenvalue weighted by Crippen LogP contribution is -2.50. The predicted octanol–water partition coefficient (Wildman–Crippen LogP) is 2.55. The van der Waals surface area contributed by atoms with E-state index in [9.17, 15) is 9.90 Å². The van der Waals surface area contributed by atoms with E-state index in [0.29, 0.717) is 18.0 Å². The molecule has 2 N–H and O–H groups in total. The smallest absolute Gasteiger partial charge is 0.219 e. The Kier molecular flexibility index (Phi) is 5.54. The molecule has 128 valence electrons. The van der Waals surface area contributed by atoms with Crippen LogP contribution in [0.15, 0.2) is 0 Å². The van der Waals surface area contributed by atoms with Crippen LogP contribution in [0.3, 0.4) is 0 Å². The Balaban J connectivity index is 1.72. The van der Waals surface area contributed by atoms with Gasteiger partial charge in [-0.1, -0.05) is 20.8 Å². The minimum atomic E-state index is -0.528. The van der Waals surface area contributed by atoms with Crippen LogP contribution in [0.1, 0.15) is 66.2 Å². The minimum absolute atomic E-state index is 0.178. The highest BCUT2D eigenvalue weighted by Crippen LogP contribution is 2.41. The molecule has 0 aromatic heterocycles. The summed E-state index contributed by atoms with van der Waals surface area (Å²) in [5.41, 5.74) is -0.173. The lowest BCUT2D eigenvalue weighted by atomic mass is 9.68. The molecule has 2 fully saturated rings. The highest BCUT2D eigenvalue weighted by atomic mass is 16.3. The first-order chi connectivity index (χ1) is 10.2. The molecule has 0 aromatic rings. The number of rotatable bonds is 3. The Morgan fingerprint density at radius 1 is 1.18 bits per heavy atom. The van der Waals surface area contributed by atoms with Gasteiger partial charge in [0.25, 0.3) is 0 Å². The first-order valence-electron chi connectivity index (χ1n) is 8.91. The summed E-state index contributed by atoms with van der Waals surface area (Å²) in [5, 5.41) is 14.4. The molecule has 0 atom stereocenters. The van der Waals surface area contributed by atoms with Crippen LogP contribution in [0, 0.1) is 11.3 Å². The Bertz CT molecular complexity index is 373. The molecule has 1 saturated heterocycles. The maximum absolute atomic E-state index is 11.3. The molecule has 1 aliphatic carbocycles. The molecule has 1 saturated carbocycles. The number of carbonyl (C=O) groups is 1. The Hall–Kier alpha value is -0.610. The van der Waals surface area contributed by atoms with Crippen LogP contribution in [-0.2, 0) is 4.79 Å². The molecule has 0 unspecified atom stereocenters. The lowest BCUT2D eigenvalue weighted by molar-refractivity contribution is -0.130. The average molecular weight is 310 g/mol. The monoisotopic (exact) mass is 310 g/mol. The second-order valence-corrected chi connectivity index (χ2v) is 8.53. The summed E-state index contributed by atoms with van der Waals surface area (Å²) in [4.78, 5) is 13.3. The number of hydrogen-bond donors (Lipinski definition) is 2. The number of nitrogens with one attached hydrogen (secondary N) is 1. The van der Waals surface area contributed by atoms with E-state index in [2.05, 4.69) is 26.1 Å². The number of piperidine rings is 1. The van der Waals surface area contributed by atoms with Gasteiger partial charge in [0.2, 0.25) is 5.91 Å². The van der Waals surface area contributed by atoms with Crippen molar-refractivity contribution in [2.45, 2.75) is 77.9 Å². The third-order valence-electron chi connectivity index (χ3n) is 5.80. The van der Waals surface area contributed by atoms with Crippen molar-refractivity contribution in [3.05, 3.63) is 0 Å². The fourth-order valence-corrected chi connectivity index (χ4v) is 3.93. The highest BCUT2D eigenvalue weighted by molar-refractivity contribution is 5.73. The molecule has 1 heterocycles. The van der Waals surface area contributed by atoms with Crippen molar-refractivity contribution < 1.29 is 9.90 Å². The van der Waals surface area contributed by atoms with Gasteiger partial charge in [-0.25, -0.2) is 0 Å². The van der Waals surface area contributed by atoms with Crippen LogP contribution in [-0.4, -0.2) is 47.2 Å². The fourth-order valence-electron chi connectivity index (χ4n) is 3.93. The molecular weight excluding hydrogens is 276 g/mol. The van der Waals surface area contributed by atoms with E-state index in [4.69, 9.17) is 0 Å². The number of amides is 1. The van der Waals surface area contributed by atoms with Gasteiger partial charge >= 0.3 is 0 Å². The fraction of sp³-hybridized carbons (Fsp3) is 0.944. The molecule has 22 heavy (non-hydrogen) atoms. The van der Waals surface area contributed by atoms with Gasteiger partial charge in [-0.3, -0.25) is 4.79 Å². The molecule has 0 aromatic carbocycles. The molecule has 4 heteroatoms. The van der Waals surface area contributed by atoms with Crippen LogP contribution in [0.4, 0.5) is 0 Å². The average Bonchev–Trinajstić information content (AvgIpc) is 2.45. The standard InChI is InChI=1S/C18H34N2O2/c1-14(21)20-11-7-16(8-12-20)19-13-18(22)9-5-15(6-10-18)17(2,3)4/h15-16,19,22H,5-13H2,1-4H3. The first-order valence-corrected chi connectivity index (χ1v) is 8.91. The molecule has 4 nitrogen and oxygen atoms in total. The summed E-state index contributed by atoms with van der Waals surface area (Å²) < 4.78 is 0. The Morgan fingerprint density at radius 2 is 1.73 bits per heavy atom. The number of hydrogen-bond acceptors (Lipinski definition) is 3. The summed E-state index contributed by atoms with van der Waals surface area (Å²) in [7, 11) is 0. The second-order valence-electron chi connectivity index (χ2n) is 8.53. The number of likely N-dealkylation sites (tertiary alicyclic amines) is 1. The van der Waals surface area contributed by atoms with Crippen molar-refractivity contribution in [2.24, 2.45) is 11.3 Å². The predicted molar refractivity (Wildman–Crippen MR) is 89.6 cm³/mol. The molecule has 0 spiro atoms. The van der Waals surface area contributed by atoms with Crippen molar-refractivity contribution in [1.29, 1.82) is 0 Å². The summed E-state index contributed by atoms with van der Waals surface area (Å²) in [6.45, 7) is 11.0. The van der Waals surface area contributed by atoms with Crippen molar-refractivity contribution in [1.82, 2.24) is 10.2 Å². The Labute approximate surface area is 135 Å². The lowest BCUT2D eigenvalue weighted by Gasteiger charge is -2.42. The topological polar surface area (TPSA) is 52.6 Å². The highest BCUT2D eigenvalue weighted by Gasteiger charge is 2.37. The van der Waals surface area contributed by atoms with Crippen molar-refractivity contribution in [2.75, 3.05) is 19.6 Å². The SMILES string of the molecule is CC(=O)N1CCC(NCC2(O)CCC(C(C)(C)C)CC2)CC1. The summed E-state index contributed by atoms with van der Waals surface area (Å²) >= 11 is 0. The zero-order valence-electron chi connectivity index (χ0n) is 14.8. The molecule has 0 bridgehead atoms. The van der Waals surface area contributed by atoms with Gasteiger partial charge in [0.05, 0.1) is 5.60 Å². The van der Waals surface area contributed by atoms with Gasteiger partial charge in [0.1, 0.15) is 0 Å². The summed E-state index contributed by atoms with van der Waals surface area (Å²) in [6.07, 6.45) is 6.08. The van der Waals surface area contributed by atoms with Gasteiger partial charge in [-0.05, 0) is 49.9 Å². The molecule has 0 radical (unpaired) electrons. The van der Waals surface area contributed by atoms with Gasteiger partial charge in [0, 0.05) is 32.6 Å². The van der Waals surface area contributed by atoms with E-state index >= 15 is 0 Å². The van der Waals surface area contributed by atoms with E-state index in [0.717, 1.165) is 57.5 Å². The van der Waals surface area contributed by atoms with Crippen LogP contribution in [0.25, 0.3) is 0 Å². The quantitative estimate of drug-likeness (QED) is 0.842. The van der Waals surface area contributed by atoms with Crippen LogP contribution in [0.2, 0.25) is 0 Å².